The van der Waals surface area contributed by atoms with Crippen molar-refractivity contribution in [2.45, 2.75) is 20.3 Å². The van der Waals surface area contributed by atoms with E-state index in [9.17, 15) is 13.2 Å². The van der Waals surface area contributed by atoms with Gasteiger partial charge in [-0.05, 0) is 31.0 Å². The summed E-state index contributed by atoms with van der Waals surface area (Å²) in [5.74, 6) is 0.637. The maximum Gasteiger partial charge on any atom is 0.324 e. The van der Waals surface area contributed by atoms with Crippen LogP contribution >= 0.6 is 0 Å². The van der Waals surface area contributed by atoms with Crippen LogP contribution in [0.4, 0.5) is 5.82 Å². The highest BCUT2D eigenvalue weighted by Gasteiger charge is 2.17. The predicted molar refractivity (Wildman–Crippen MR) is 128 cm³/mol. The van der Waals surface area contributed by atoms with E-state index in [1.807, 2.05) is 42.9 Å². The number of anilines is 1. The number of aromatic nitrogens is 4. The zero-order valence-corrected chi connectivity index (χ0v) is 19.7. The molecule has 4 rings (SSSR count). The maximum atomic E-state index is 12.4. The van der Waals surface area contributed by atoms with E-state index >= 15 is 0 Å². The van der Waals surface area contributed by atoms with Crippen LogP contribution in [0.5, 0.6) is 11.8 Å². The van der Waals surface area contributed by atoms with Gasteiger partial charge in [0.25, 0.3) is 0 Å². The zero-order chi connectivity index (χ0) is 23.8. The number of aryl methyl sites for hydroxylation is 3. The Morgan fingerprint density at radius 3 is 2.58 bits per heavy atom. The van der Waals surface area contributed by atoms with Crippen LogP contribution in [0.2, 0.25) is 0 Å². The standard InChI is InChI=1S/C23H25N5O4S/c1-5-12-33(30,31)26-19-13-18(17-8-9-20(29)28(4)14-17)24-23(25-19)32-22-15(2)6-7-16-10-11-27(3)21(16)22/h6-11,13-14H,5,12H2,1-4H3,(H,24,25,26). The summed E-state index contributed by atoms with van der Waals surface area (Å²) in [6.45, 7) is 3.70. The molecule has 0 radical (unpaired) electrons. The van der Waals surface area contributed by atoms with Gasteiger partial charge in [-0.3, -0.25) is 9.52 Å². The average molecular weight is 468 g/mol. The lowest BCUT2D eigenvalue weighted by Crippen LogP contribution is -2.17. The average Bonchev–Trinajstić information content (AvgIpc) is 3.12. The molecule has 0 spiro atoms. The molecule has 0 atom stereocenters. The number of rotatable bonds is 7. The van der Waals surface area contributed by atoms with Crippen LogP contribution in [-0.2, 0) is 24.1 Å². The Morgan fingerprint density at radius 2 is 1.85 bits per heavy atom. The Kier molecular flexibility index (Phi) is 5.94. The van der Waals surface area contributed by atoms with Gasteiger partial charge in [0, 0.05) is 49.6 Å². The summed E-state index contributed by atoms with van der Waals surface area (Å²) in [6.07, 6.45) is 4.02. The first kappa shape index (κ1) is 22.5. The van der Waals surface area contributed by atoms with Gasteiger partial charge in [-0.2, -0.15) is 9.97 Å². The fourth-order valence-corrected chi connectivity index (χ4v) is 4.63. The molecule has 0 aliphatic carbocycles. The van der Waals surface area contributed by atoms with Crippen molar-refractivity contribution in [1.29, 1.82) is 0 Å². The lowest BCUT2D eigenvalue weighted by atomic mass is 10.1. The SMILES string of the molecule is CCCS(=O)(=O)Nc1cc(-c2ccc(=O)n(C)c2)nc(Oc2c(C)ccc3ccn(C)c23)n1. The molecular formula is C23H25N5O4S. The van der Waals surface area contributed by atoms with Gasteiger partial charge in [0.1, 0.15) is 5.82 Å². The first-order valence-electron chi connectivity index (χ1n) is 10.5. The van der Waals surface area contributed by atoms with Crippen LogP contribution in [0.3, 0.4) is 0 Å². The molecule has 0 aliphatic rings. The molecule has 172 valence electrons. The molecule has 3 heterocycles. The van der Waals surface area contributed by atoms with Crippen LogP contribution < -0.4 is 15.0 Å². The number of benzene rings is 1. The fraction of sp³-hybridized carbons (Fsp3) is 0.261. The van der Waals surface area contributed by atoms with Gasteiger partial charge in [-0.15, -0.1) is 0 Å². The van der Waals surface area contributed by atoms with Gasteiger partial charge in [0.15, 0.2) is 5.75 Å². The second kappa shape index (κ2) is 8.70. The Bertz CT molecular complexity index is 1510. The molecule has 0 bridgehead atoms. The van der Waals surface area contributed by atoms with Crippen molar-refractivity contribution < 1.29 is 13.2 Å². The van der Waals surface area contributed by atoms with Crippen molar-refractivity contribution in [3.05, 3.63) is 64.7 Å². The van der Waals surface area contributed by atoms with E-state index in [1.165, 1.54) is 16.7 Å². The van der Waals surface area contributed by atoms with E-state index in [2.05, 4.69) is 14.7 Å². The second-order valence-electron chi connectivity index (χ2n) is 7.89. The smallest absolute Gasteiger partial charge is 0.324 e. The van der Waals surface area contributed by atoms with Gasteiger partial charge in [0.05, 0.1) is 17.0 Å². The highest BCUT2D eigenvalue weighted by molar-refractivity contribution is 7.92. The summed E-state index contributed by atoms with van der Waals surface area (Å²) in [5.41, 5.74) is 2.63. The van der Waals surface area contributed by atoms with Crippen LogP contribution in [0.1, 0.15) is 18.9 Å². The quantitative estimate of drug-likeness (QED) is 0.445. The van der Waals surface area contributed by atoms with Crippen LogP contribution in [0.25, 0.3) is 22.2 Å². The lowest BCUT2D eigenvalue weighted by Gasteiger charge is -2.14. The summed E-state index contributed by atoms with van der Waals surface area (Å²) in [4.78, 5) is 20.7. The molecule has 0 aliphatic heterocycles. The summed E-state index contributed by atoms with van der Waals surface area (Å²) in [7, 11) is -0.0328. The molecule has 1 aromatic carbocycles. The topological polar surface area (TPSA) is 108 Å². The largest absolute Gasteiger partial charge is 0.422 e. The van der Waals surface area contributed by atoms with Gasteiger partial charge in [0.2, 0.25) is 15.6 Å². The number of hydrogen-bond acceptors (Lipinski definition) is 6. The summed E-state index contributed by atoms with van der Waals surface area (Å²) >= 11 is 0. The first-order chi connectivity index (χ1) is 15.7. The number of hydrogen-bond donors (Lipinski definition) is 1. The number of fused-ring (bicyclic) bond motifs is 1. The molecule has 1 N–H and O–H groups in total. The Morgan fingerprint density at radius 1 is 1.06 bits per heavy atom. The molecule has 9 nitrogen and oxygen atoms in total. The number of sulfonamides is 1. The van der Waals surface area contributed by atoms with Crippen molar-refractivity contribution in [3.63, 3.8) is 0 Å². The third kappa shape index (κ3) is 4.75. The second-order valence-corrected chi connectivity index (χ2v) is 9.73. The minimum absolute atomic E-state index is 0.00708. The van der Waals surface area contributed by atoms with Crippen LogP contribution in [0.15, 0.2) is 53.6 Å². The predicted octanol–water partition coefficient (Wildman–Crippen LogP) is 3.59. The Hall–Kier alpha value is -3.66. The number of nitrogens with one attached hydrogen (secondary N) is 1. The Balaban J connectivity index is 1.84. The maximum absolute atomic E-state index is 12.4. The van der Waals surface area contributed by atoms with Crippen molar-refractivity contribution in [2.24, 2.45) is 14.1 Å². The molecule has 10 heteroatoms. The van der Waals surface area contributed by atoms with Crippen molar-refractivity contribution in [3.8, 4) is 23.0 Å². The number of pyridine rings is 1. The third-order valence-electron chi connectivity index (χ3n) is 5.20. The normalized spacial score (nSPS) is 11.6. The molecular weight excluding hydrogens is 442 g/mol. The van der Waals surface area contributed by atoms with Crippen molar-refractivity contribution >= 4 is 26.7 Å². The lowest BCUT2D eigenvalue weighted by molar-refractivity contribution is 0.443. The molecule has 3 aromatic heterocycles. The minimum atomic E-state index is -3.58. The minimum Gasteiger partial charge on any atom is -0.422 e. The molecule has 0 saturated heterocycles. The van der Waals surface area contributed by atoms with E-state index in [-0.39, 0.29) is 23.1 Å². The summed E-state index contributed by atoms with van der Waals surface area (Å²) in [6, 6.07) is 10.5. The number of nitrogens with zero attached hydrogens (tertiary/aromatic N) is 4. The van der Waals surface area contributed by atoms with Gasteiger partial charge < -0.3 is 13.9 Å². The van der Waals surface area contributed by atoms with Crippen LogP contribution in [0, 0.1) is 6.92 Å². The highest BCUT2D eigenvalue weighted by atomic mass is 32.2. The van der Waals surface area contributed by atoms with Gasteiger partial charge in [-0.1, -0.05) is 19.1 Å². The fourth-order valence-electron chi connectivity index (χ4n) is 3.57. The van der Waals surface area contributed by atoms with Gasteiger partial charge in [-0.25, -0.2) is 8.42 Å². The molecule has 0 fully saturated rings. The third-order valence-corrected chi connectivity index (χ3v) is 6.67. The molecule has 0 saturated carbocycles. The molecule has 33 heavy (non-hydrogen) atoms. The summed E-state index contributed by atoms with van der Waals surface area (Å²) in [5, 5.41) is 0.996. The van der Waals surface area contributed by atoms with Crippen molar-refractivity contribution in [2.75, 3.05) is 10.5 Å². The first-order valence-corrected chi connectivity index (χ1v) is 12.1. The van der Waals surface area contributed by atoms with E-state index in [0.717, 1.165) is 16.5 Å². The van der Waals surface area contributed by atoms with E-state index in [0.29, 0.717) is 23.4 Å². The molecule has 0 amide bonds. The molecule has 4 aromatic rings. The zero-order valence-electron chi connectivity index (χ0n) is 18.9. The van der Waals surface area contributed by atoms with Gasteiger partial charge >= 0.3 is 6.01 Å². The van der Waals surface area contributed by atoms with E-state index in [1.54, 1.807) is 26.2 Å². The Labute approximate surface area is 191 Å². The van der Waals surface area contributed by atoms with E-state index in [4.69, 9.17) is 4.74 Å². The number of ether oxygens (including phenoxy) is 1. The summed E-state index contributed by atoms with van der Waals surface area (Å²) < 4.78 is 36.8. The van der Waals surface area contributed by atoms with Crippen molar-refractivity contribution in [1.82, 2.24) is 19.1 Å². The molecule has 0 unspecified atom stereocenters. The highest BCUT2D eigenvalue weighted by Crippen LogP contribution is 2.33. The van der Waals surface area contributed by atoms with E-state index < -0.39 is 10.0 Å². The monoisotopic (exact) mass is 467 g/mol. The van der Waals surface area contributed by atoms with Crippen LogP contribution in [-0.4, -0.2) is 33.3 Å².